The Kier molecular flexibility index (Phi) is 5.30. The molecule has 0 aliphatic carbocycles. The molecule has 1 aliphatic heterocycles. The van der Waals surface area contributed by atoms with Gasteiger partial charge in [-0.25, -0.2) is 9.37 Å². The van der Waals surface area contributed by atoms with Gasteiger partial charge in [0.1, 0.15) is 5.82 Å². The highest BCUT2D eigenvalue weighted by Crippen LogP contribution is 2.15. The third kappa shape index (κ3) is 4.33. The van der Waals surface area contributed by atoms with Crippen molar-refractivity contribution in [1.29, 1.82) is 0 Å². The normalized spacial score (nSPS) is 17.9. The summed E-state index contributed by atoms with van der Waals surface area (Å²) in [5.41, 5.74) is 1.19. The molecule has 1 saturated heterocycles. The molecule has 7 heteroatoms. The monoisotopic (exact) mass is 334 g/mol. The third-order valence-electron chi connectivity index (χ3n) is 3.71. The van der Waals surface area contributed by atoms with Crippen molar-refractivity contribution >= 4 is 17.7 Å². The van der Waals surface area contributed by atoms with Gasteiger partial charge in [-0.2, -0.15) is 11.8 Å². The Morgan fingerprint density at radius 3 is 3.13 bits per heavy atom. The molecule has 1 aromatic carbocycles. The van der Waals surface area contributed by atoms with E-state index < -0.39 is 0 Å². The summed E-state index contributed by atoms with van der Waals surface area (Å²) in [4.78, 5) is 15.9. The van der Waals surface area contributed by atoms with Crippen LogP contribution < -0.4 is 10.6 Å². The van der Waals surface area contributed by atoms with E-state index in [9.17, 15) is 9.18 Å². The van der Waals surface area contributed by atoms with E-state index >= 15 is 0 Å². The Morgan fingerprint density at radius 2 is 2.43 bits per heavy atom. The SMILES string of the molecule is O=C(CC1CSCCN1)NCc1ccc(-n2ccnc2)c(F)c1. The number of hydrogen-bond acceptors (Lipinski definition) is 4. The summed E-state index contributed by atoms with van der Waals surface area (Å²) in [5, 5.41) is 6.18. The summed E-state index contributed by atoms with van der Waals surface area (Å²) >= 11 is 1.86. The Bertz CT molecular complexity index is 656. The van der Waals surface area contributed by atoms with Gasteiger partial charge >= 0.3 is 0 Å². The fraction of sp³-hybridized carbons (Fsp3) is 0.375. The molecule has 3 rings (SSSR count). The van der Waals surface area contributed by atoms with E-state index in [-0.39, 0.29) is 17.8 Å². The zero-order valence-corrected chi connectivity index (χ0v) is 13.5. The lowest BCUT2D eigenvalue weighted by Gasteiger charge is -2.22. The van der Waals surface area contributed by atoms with E-state index in [4.69, 9.17) is 0 Å². The van der Waals surface area contributed by atoms with Crippen molar-refractivity contribution in [1.82, 2.24) is 20.2 Å². The van der Waals surface area contributed by atoms with E-state index in [1.807, 2.05) is 17.8 Å². The van der Waals surface area contributed by atoms with Crippen LogP contribution >= 0.6 is 11.8 Å². The Labute approximate surface area is 138 Å². The molecule has 1 amide bonds. The lowest BCUT2D eigenvalue weighted by atomic mass is 10.1. The molecule has 122 valence electrons. The third-order valence-corrected chi connectivity index (χ3v) is 4.85. The van der Waals surface area contributed by atoms with Crippen LogP contribution in [0.15, 0.2) is 36.9 Å². The predicted molar refractivity (Wildman–Crippen MR) is 89.1 cm³/mol. The Hall–Kier alpha value is -1.86. The van der Waals surface area contributed by atoms with Crippen LogP contribution in [0.5, 0.6) is 0 Å². The summed E-state index contributed by atoms with van der Waals surface area (Å²) in [5.74, 6) is 1.71. The highest BCUT2D eigenvalue weighted by Gasteiger charge is 2.16. The summed E-state index contributed by atoms with van der Waals surface area (Å²) in [7, 11) is 0. The van der Waals surface area contributed by atoms with Gasteiger partial charge in [0.25, 0.3) is 0 Å². The average Bonchev–Trinajstić information content (AvgIpc) is 3.08. The van der Waals surface area contributed by atoms with Gasteiger partial charge in [0.2, 0.25) is 5.91 Å². The lowest BCUT2D eigenvalue weighted by molar-refractivity contribution is -0.121. The molecular weight excluding hydrogens is 315 g/mol. The van der Waals surface area contributed by atoms with Gasteiger partial charge < -0.3 is 15.2 Å². The number of carbonyl (C=O) groups is 1. The number of imidazole rings is 1. The Morgan fingerprint density at radius 1 is 1.52 bits per heavy atom. The number of amides is 1. The van der Waals surface area contributed by atoms with E-state index in [1.165, 1.54) is 6.07 Å². The van der Waals surface area contributed by atoms with Crippen LogP contribution in [0.3, 0.4) is 0 Å². The first-order chi connectivity index (χ1) is 11.2. The van der Waals surface area contributed by atoms with Crippen LogP contribution in [-0.2, 0) is 11.3 Å². The number of thioether (sulfide) groups is 1. The molecule has 23 heavy (non-hydrogen) atoms. The number of nitrogens with one attached hydrogen (secondary N) is 2. The fourth-order valence-electron chi connectivity index (χ4n) is 2.52. The quantitative estimate of drug-likeness (QED) is 0.874. The maximum atomic E-state index is 14.1. The maximum Gasteiger partial charge on any atom is 0.221 e. The molecule has 5 nitrogen and oxygen atoms in total. The number of aromatic nitrogens is 2. The predicted octanol–water partition coefficient (Wildman–Crippen LogP) is 1.72. The van der Waals surface area contributed by atoms with Crippen LogP contribution in [0.25, 0.3) is 5.69 Å². The molecule has 1 atom stereocenters. The summed E-state index contributed by atoms with van der Waals surface area (Å²) < 4.78 is 15.8. The van der Waals surface area contributed by atoms with Crippen molar-refractivity contribution in [3.8, 4) is 5.69 Å². The fourth-order valence-corrected chi connectivity index (χ4v) is 3.47. The molecule has 1 aromatic heterocycles. The highest BCUT2D eigenvalue weighted by atomic mass is 32.2. The zero-order chi connectivity index (χ0) is 16.1. The van der Waals surface area contributed by atoms with E-state index in [0.29, 0.717) is 18.7 Å². The van der Waals surface area contributed by atoms with Gasteiger partial charge in [0.15, 0.2) is 0 Å². The molecule has 2 heterocycles. The van der Waals surface area contributed by atoms with Crippen molar-refractivity contribution in [2.45, 2.75) is 19.0 Å². The second-order valence-electron chi connectivity index (χ2n) is 5.46. The minimum Gasteiger partial charge on any atom is -0.352 e. The number of carbonyl (C=O) groups excluding carboxylic acids is 1. The maximum absolute atomic E-state index is 14.1. The zero-order valence-electron chi connectivity index (χ0n) is 12.7. The summed E-state index contributed by atoms with van der Waals surface area (Å²) in [6.45, 7) is 1.28. The van der Waals surface area contributed by atoms with Gasteiger partial charge in [-0.15, -0.1) is 0 Å². The largest absolute Gasteiger partial charge is 0.352 e. The summed E-state index contributed by atoms with van der Waals surface area (Å²) in [6, 6.07) is 5.18. The minimum absolute atomic E-state index is 0.0101. The van der Waals surface area contributed by atoms with Crippen molar-refractivity contribution in [3.05, 3.63) is 48.3 Å². The first-order valence-corrected chi connectivity index (χ1v) is 8.72. The number of hydrogen-bond donors (Lipinski definition) is 2. The van der Waals surface area contributed by atoms with Gasteiger partial charge in [-0.1, -0.05) is 6.07 Å². The van der Waals surface area contributed by atoms with Gasteiger partial charge in [0, 0.05) is 49.5 Å². The van der Waals surface area contributed by atoms with E-state index in [1.54, 1.807) is 29.4 Å². The standard InChI is InChI=1S/C16H19FN4OS/c17-14-7-12(1-2-15(14)21-5-3-18-11-21)9-20-16(22)8-13-10-23-6-4-19-13/h1-3,5,7,11,13,19H,4,6,8-10H2,(H,20,22). The van der Waals surface area contributed by atoms with Gasteiger partial charge in [-0.05, 0) is 17.7 Å². The number of benzene rings is 1. The molecule has 1 unspecified atom stereocenters. The molecular formula is C16H19FN4OS. The topological polar surface area (TPSA) is 59.0 Å². The molecule has 1 aliphatic rings. The molecule has 0 saturated carbocycles. The number of rotatable bonds is 5. The van der Waals surface area contributed by atoms with Gasteiger partial charge in [-0.3, -0.25) is 4.79 Å². The smallest absolute Gasteiger partial charge is 0.221 e. The minimum atomic E-state index is -0.333. The van der Waals surface area contributed by atoms with Crippen LogP contribution in [0.2, 0.25) is 0 Å². The van der Waals surface area contributed by atoms with Crippen molar-refractivity contribution in [3.63, 3.8) is 0 Å². The van der Waals surface area contributed by atoms with Crippen molar-refractivity contribution < 1.29 is 9.18 Å². The molecule has 2 aromatic rings. The Balaban J connectivity index is 1.54. The number of halogens is 1. The second-order valence-corrected chi connectivity index (χ2v) is 6.61. The second kappa shape index (κ2) is 7.61. The van der Waals surface area contributed by atoms with E-state index in [2.05, 4.69) is 15.6 Å². The van der Waals surface area contributed by atoms with Crippen LogP contribution in [0.4, 0.5) is 4.39 Å². The van der Waals surface area contributed by atoms with E-state index in [0.717, 1.165) is 23.6 Å². The lowest BCUT2D eigenvalue weighted by Crippen LogP contribution is -2.41. The van der Waals surface area contributed by atoms with Crippen LogP contribution in [0.1, 0.15) is 12.0 Å². The molecule has 1 fully saturated rings. The molecule has 2 N–H and O–H groups in total. The molecule has 0 spiro atoms. The van der Waals surface area contributed by atoms with Crippen LogP contribution in [-0.4, -0.2) is 39.6 Å². The van der Waals surface area contributed by atoms with Crippen LogP contribution in [0, 0.1) is 5.82 Å². The molecule has 0 radical (unpaired) electrons. The first kappa shape index (κ1) is 16.0. The first-order valence-electron chi connectivity index (χ1n) is 7.57. The highest BCUT2D eigenvalue weighted by molar-refractivity contribution is 7.99. The van der Waals surface area contributed by atoms with Crippen molar-refractivity contribution in [2.24, 2.45) is 0 Å². The molecule has 0 bridgehead atoms. The van der Waals surface area contributed by atoms with Gasteiger partial charge in [0.05, 0.1) is 12.0 Å². The summed E-state index contributed by atoms with van der Waals surface area (Å²) in [6.07, 6.45) is 5.30. The average molecular weight is 334 g/mol. The number of nitrogens with zero attached hydrogens (tertiary/aromatic N) is 2. The van der Waals surface area contributed by atoms with Crippen molar-refractivity contribution in [2.75, 3.05) is 18.1 Å².